The lowest BCUT2D eigenvalue weighted by atomic mass is 10.2. The monoisotopic (exact) mass is 324 g/mol. The molecule has 0 aromatic carbocycles. The fraction of sp³-hybridized carbons (Fsp3) is 0.417. The second kappa shape index (κ2) is 5.89. The van der Waals surface area contributed by atoms with Crippen molar-refractivity contribution in [1.29, 1.82) is 0 Å². The Kier molecular flexibility index (Phi) is 4.22. The van der Waals surface area contributed by atoms with Gasteiger partial charge in [-0.1, -0.05) is 5.92 Å². The number of hydrogen-bond donors (Lipinski definition) is 1. The molecule has 1 saturated heterocycles. The van der Waals surface area contributed by atoms with Crippen molar-refractivity contribution in [3.05, 3.63) is 16.9 Å². The summed E-state index contributed by atoms with van der Waals surface area (Å²) in [4.78, 5) is 22.8. The second-order valence-electron chi connectivity index (χ2n) is 4.03. The van der Waals surface area contributed by atoms with E-state index in [1.807, 2.05) is 4.90 Å². The predicted octanol–water partition coefficient (Wildman–Crippen LogP) is 1.43. The van der Waals surface area contributed by atoms with E-state index < -0.39 is 6.09 Å². The first-order valence-corrected chi connectivity index (χ1v) is 6.55. The second-order valence-corrected chi connectivity index (χ2v) is 4.95. The molecular formula is C12H13BrN4O2. The Morgan fingerprint density at radius 3 is 2.74 bits per heavy atom. The van der Waals surface area contributed by atoms with Crippen molar-refractivity contribution in [2.24, 2.45) is 0 Å². The number of anilines is 1. The van der Waals surface area contributed by atoms with Gasteiger partial charge < -0.3 is 14.9 Å². The summed E-state index contributed by atoms with van der Waals surface area (Å²) in [6.07, 6.45) is 2.42. The predicted molar refractivity (Wildman–Crippen MR) is 73.9 cm³/mol. The van der Waals surface area contributed by atoms with Crippen LogP contribution >= 0.6 is 15.9 Å². The van der Waals surface area contributed by atoms with E-state index in [1.165, 1.54) is 4.90 Å². The van der Waals surface area contributed by atoms with Gasteiger partial charge in [-0.2, -0.15) is 0 Å². The zero-order valence-electron chi connectivity index (χ0n) is 10.4. The van der Waals surface area contributed by atoms with Crippen LogP contribution in [0.5, 0.6) is 0 Å². The van der Waals surface area contributed by atoms with Crippen LogP contribution in [-0.4, -0.2) is 51.7 Å². The smallest absolute Gasteiger partial charge is 0.407 e. The minimum Gasteiger partial charge on any atom is -0.465 e. The Labute approximate surface area is 119 Å². The van der Waals surface area contributed by atoms with Gasteiger partial charge in [0, 0.05) is 25.5 Å². The van der Waals surface area contributed by atoms with E-state index in [0.29, 0.717) is 25.6 Å². The Morgan fingerprint density at radius 2 is 2.16 bits per heavy atom. The molecule has 19 heavy (non-hydrogen) atoms. The normalized spacial score (nSPS) is 18.7. The zero-order chi connectivity index (χ0) is 13.8. The van der Waals surface area contributed by atoms with Gasteiger partial charge in [0.25, 0.3) is 0 Å². The molecule has 0 saturated carbocycles. The lowest BCUT2D eigenvalue weighted by molar-refractivity contribution is 0.138. The van der Waals surface area contributed by atoms with Crippen LogP contribution < -0.4 is 4.90 Å². The van der Waals surface area contributed by atoms with E-state index in [9.17, 15) is 4.79 Å². The summed E-state index contributed by atoms with van der Waals surface area (Å²) >= 11 is 3.29. The Hall–Kier alpha value is -1.81. The van der Waals surface area contributed by atoms with E-state index in [4.69, 9.17) is 5.11 Å². The van der Waals surface area contributed by atoms with Gasteiger partial charge in [0.05, 0.1) is 11.0 Å². The summed E-state index contributed by atoms with van der Waals surface area (Å²) in [5, 5.41) is 9.04. The summed E-state index contributed by atoms with van der Waals surface area (Å²) in [5.74, 6) is 6.41. The highest BCUT2D eigenvalue weighted by Gasteiger charge is 2.29. The molecule has 1 aliphatic rings. The van der Waals surface area contributed by atoms with Crippen molar-refractivity contribution < 1.29 is 9.90 Å². The molecular weight excluding hydrogens is 312 g/mol. The average molecular weight is 325 g/mol. The van der Waals surface area contributed by atoms with Crippen molar-refractivity contribution in [2.75, 3.05) is 24.5 Å². The zero-order valence-corrected chi connectivity index (χ0v) is 12.0. The number of nitrogens with zero attached hydrogens (tertiary/aromatic N) is 4. The Balaban J connectivity index is 2.21. The minimum atomic E-state index is -0.917. The molecule has 1 amide bonds. The van der Waals surface area contributed by atoms with Crippen LogP contribution in [0, 0.1) is 11.8 Å². The largest absolute Gasteiger partial charge is 0.465 e. The quantitative estimate of drug-likeness (QED) is 0.791. The molecule has 1 aliphatic heterocycles. The van der Waals surface area contributed by atoms with E-state index in [0.717, 1.165) is 4.47 Å². The molecule has 0 aliphatic carbocycles. The van der Waals surface area contributed by atoms with Crippen molar-refractivity contribution in [3.63, 3.8) is 0 Å². The summed E-state index contributed by atoms with van der Waals surface area (Å²) in [6, 6.07) is -0.212. The van der Waals surface area contributed by atoms with E-state index in [-0.39, 0.29) is 6.04 Å². The molecule has 0 spiro atoms. The van der Waals surface area contributed by atoms with E-state index >= 15 is 0 Å². The molecule has 1 aromatic rings. The Bertz CT molecular complexity index is 523. The fourth-order valence-electron chi connectivity index (χ4n) is 1.94. The third-order valence-electron chi connectivity index (χ3n) is 2.83. The number of carbonyl (C=O) groups is 1. The SMILES string of the molecule is CC#C[C@H]1CN(C(=O)O)CCN1c1ncc(Br)cn1. The van der Waals surface area contributed by atoms with Crippen LogP contribution in [0.3, 0.4) is 0 Å². The molecule has 1 atom stereocenters. The number of piperazine rings is 1. The highest BCUT2D eigenvalue weighted by atomic mass is 79.9. The van der Waals surface area contributed by atoms with Gasteiger partial charge in [0.2, 0.25) is 5.95 Å². The maximum Gasteiger partial charge on any atom is 0.407 e. The van der Waals surface area contributed by atoms with Gasteiger partial charge in [-0.15, -0.1) is 5.92 Å². The summed E-state index contributed by atoms with van der Waals surface area (Å²) in [6.45, 7) is 3.04. The van der Waals surface area contributed by atoms with Crippen LogP contribution in [-0.2, 0) is 0 Å². The van der Waals surface area contributed by atoms with E-state index in [1.54, 1.807) is 19.3 Å². The fourth-order valence-corrected chi connectivity index (χ4v) is 2.14. The minimum absolute atomic E-state index is 0.212. The lowest BCUT2D eigenvalue weighted by Crippen LogP contribution is -2.54. The van der Waals surface area contributed by atoms with Gasteiger partial charge in [0.1, 0.15) is 6.04 Å². The lowest BCUT2D eigenvalue weighted by Gasteiger charge is -2.37. The topological polar surface area (TPSA) is 69.6 Å². The molecule has 1 fully saturated rings. The summed E-state index contributed by atoms with van der Waals surface area (Å²) in [5.41, 5.74) is 0. The molecule has 1 aromatic heterocycles. The number of amides is 1. The van der Waals surface area contributed by atoms with Gasteiger partial charge in [-0.05, 0) is 22.9 Å². The molecule has 0 radical (unpaired) electrons. The highest BCUT2D eigenvalue weighted by Crippen LogP contribution is 2.17. The maximum absolute atomic E-state index is 11.0. The van der Waals surface area contributed by atoms with Gasteiger partial charge in [-0.3, -0.25) is 0 Å². The third-order valence-corrected chi connectivity index (χ3v) is 3.23. The third kappa shape index (κ3) is 3.15. The van der Waals surface area contributed by atoms with Gasteiger partial charge >= 0.3 is 6.09 Å². The highest BCUT2D eigenvalue weighted by molar-refractivity contribution is 9.10. The number of halogens is 1. The summed E-state index contributed by atoms with van der Waals surface area (Å²) < 4.78 is 0.804. The van der Waals surface area contributed by atoms with Gasteiger partial charge in [0.15, 0.2) is 0 Å². The first-order chi connectivity index (χ1) is 9.11. The van der Waals surface area contributed by atoms with Crippen LogP contribution in [0.4, 0.5) is 10.7 Å². The van der Waals surface area contributed by atoms with E-state index in [2.05, 4.69) is 37.7 Å². The molecule has 100 valence electrons. The Morgan fingerprint density at radius 1 is 1.47 bits per heavy atom. The molecule has 2 heterocycles. The number of rotatable bonds is 1. The number of aromatic nitrogens is 2. The van der Waals surface area contributed by atoms with Gasteiger partial charge in [-0.25, -0.2) is 14.8 Å². The molecule has 1 N–H and O–H groups in total. The van der Waals surface area contributed by atoms with Crippen molar-refractivity contribution in [2.45, 2.75) is 13.0 Å². The molecule has 2 rings (SSSR count). The first-order valence-electron chi connectivity index (χ1n) is 5.76. The molecule has 0 bridgehead atoms. The summed E-state index contributed by atoms with van der Waals surface area (Å²) in [7, 11) is 0. The van der Waals surface area contributed by atoms with Crippen LogP contribution in [0.25, 0.3) is 0 Å². The van der Waals surface area contributed by atoms with Crippen molar-refractivity contribution in [1.82, 2.24) is 14.9 Å². The van der Waals surface area contributed by atoms with Crippen LogP contribution in [0.15, 0.2) is 16.9 Å². The molecule has 7 heteroatoms. The number of hydrogen-bond acceptors (Lipinski definition) is 4. The molecule has 0 unspecified atom stereocenters. The van der Waals surface area contributed by atoms with Crippen LogP contribution in [0.1, 0.15) is 6.92 Å². The number of carboxylic acid groups (broad SMARTS) is 1. The van der Waals surface area contributed by atoms with Crippen LogP contribution in [0.2, 0.25) is 0 Å². The standard InChI is InChI=1S/C12H13BrN4O2/c1-2-3-10-8-16(12(18)19)4-5-17(10)11-14-6-9(13)7-15-11/h6-7,10H,4-5,8H2,1H3,(H,18,19)/t10-/m0/s1. The maximum atomic E-state index is 11.0. The average Bonchev–Trinajstić information content (AvgIpc) is 2.40. The van der Waals surface area contributed by atoms with Crippen molar-refractivity contribution >= 4 is 28.0 Å². The first kappa shape index (κ1) is 13.6. The van der Waals surface area contributed by atoms with Crippen molar-refractivity contribution in [3.8, 4) is 11.8 Å². The molecule has 6 nitrogen and oxygen atoms in total.